The molecule has 1 amide bonds. The first-order valence-electron chi connectivity index (χ1n) is 6.85. The number of carbonyl (C=O) groups excluding carboxylic acids is 1. The summed E-state index contributed by atoms with van der Waals surface area (Å²) in [5.41, 5.74) is 0. The fourth-order valence-corrected chi connectivity index (χ4v) is 2.48. The van der Waals surface area contributed by atoms with Crippen molar-refractivity contribution in [2.75, 3.05) is 26.2 Å². The molecule has 17 heavy (non-hydrogen) atoms. The van der Waals surface area contributed by atoms with Gasteiger partial charge < -0.3 is 15.0 Å². The molecule has 1 aliphatic heterocycles. The maximum absolute atomic E-state index is 11.5. The zero-order valence-electron chi connectivity index (χ0n) is 10.9. The smallest absolute Gasteiger partial charge is 0.409 e. The summed E-state index contributed by atoms with van der Waals surface area (Å²) in [6.07, 6.45) is 3.34. The van der Waals surface area contributed by atoms with Crippen molar-refractivity contribution in [2.45, 2.75) is 39.2 Å². The number of ether oxygens (including phenoxy) is 1. The van der Waals surface area contributed by atoms with Gasteiger partial charge in [-0.2, -0.15) is 0 Å². The second kappa shape index (κ2) is 5.71. The molecule has 1 saturated heterocycles. The molecule has 4 heteroatoms. The number of hydrogen-bond donors (Lipinski definition) is 1. The summed E-state index contributed by atoms with van der Waals surface area (Å²) in [4.78, 5) is 13.3. The molecule has 4 nitrogen and oxygen atoms in total. The fraction of sp³-hybridized carbons (Fsp3) is 0.923. The average Bonchev–Trinajstić information content (AvgIpc) is 3.04. The van der Waals surface area contributed by atoms with E-state index in [9.17, 15) is 4.79 Å². The van der Waals surface area contributed by atoms with E-state index in [4.69, 9.17) is 4.74 Å². The molecule has 1 aliphatic carbocycles. The Hall–Kier alpha value is -0.770. The zero-order valence-corrected chi connectivity index (χ0v) is 10.9. The van der Waals surface area contributed by atoms with Crippen LogP contribution in [0.4, 0.5) is 4.79 Å². The molecular formula is C13H24N2O2. The van der Waals surface area contributed by atoms with E-state index in [0.717, 1.165) is 44.3 Å². The molecule has 1 saturated carbocycles. The van der Waals surface area contributed by atoms with Crippen LogP contribution in [-0.4, -0.2) is 43.3 Å². The molecule has 1 N–H and O–H groups in total. The topological polar surface area (TPSA) is 41.6 Å². The Labute approximate surface area is 104 Å². The molecule has 0 aromatic carbocycles. The number of piperidine rings is 1. The largest absolute Gasteiger partial charge is 0.450 e. The van der Waals surface area contributed by atoms with Gasteiger partial charge in [-0.1, -0.05) is 6.92 Å². The summed E-state index contributed by atoms with van der Waals surface area (Å²) in [6, 6.07) is 0.591. The molecule has 2 unspecified atom stereocenters. The summed E-state index contributed by atoms with van der Waals surface area (Å²) < 4.78 is 5.01. The van der Waals surface area contributed by atoms with Crippen LogP contribution in [0.2, 0.25) is 0 Å². The standard InChI is InChI=1S/C13H24N2O2/c1-3-17-13(16)15-6-4-12(5-7-15)14-9-11-8-10(11)2/h10-12,14H,3-9H2,1-2H3. The highest BCUT2D eigenvalue weighted by atomic mass is 16.6. The van der Waals surface area contributed by atoms with Crippen molar-refractivity contribution < 1.29 is 9.53 Å². The summed E-state index contributed by atoms with van der Waals surface area (Å²) in [7, 11) is 0. The third-order valence-corrected chi connectivity index (χ3v) is 3.97. The van der Waals surface area contributed by atoms with E-state index in [2.05, 4.69) is 12.2 Å². The van der Waals surface area contributed by atoms with Gasteiger partial charge in [0.1, 0.15) is 0 Å². The van der Waals surface area contributed by atoms with Crippen molar-refractivity contribution in [3.8, 4) is 0 Å². The highest BCUT2D eigenvalue weighted by molar-refractivity contribution is 5.67. The number of likely N-dealkylation sites (tertiary alicyclic amines) is 1. The number of nitrogens with one attached hydrogen (secondary N) is 1. The van der Waals surface area contributed by atoms with Gasteiger partial charge in [0.05, 0.1) is 6.61 Å². The van der Waals surface area contributed by atoms with Crippen molar-refractivity contribution in [3.63, 3.8) is 0 Å². The second-order valence-electron chi connectivity index (χ2n) is 5.34. The maximum atomic E-state index is 11.5. The Morgan fingerprint density at radius 2 is 2.06 bits per heavy atom. The predicted molar refractivity (Wildman–Crippen MR) is 66.9 cm³/mol. The molecule has 2 rings (SSSR count). The molecule has 0 radical (unpaired) electrons. The lowest BCUT2D eigenvalue weighted by Gasteiger charge is -2.31. The van der Waals surface area contributed by atoms with Crippen LogP contribution in [0.25, 0.3) is 0 Å². The third-order valence-electron chi connectivity index (χ3n) is 3.97. The van der Waals surface area contributed by atoms with Crippen LogP contribution in [-0.2, 0) is 4.74 Å². The highest BCUT2D eigenvalue weighted by Crippen LogP contribution is 2.36. The first-order chi connectivity index (χ1) is 8.20. The first-order valence-corrected chi connectivity index (χ1v) is 6.85. The van der Waals surface area contributed by atoms with Crippen LogP contribution in [0.3, 0.4) is 0 Å². The van der Waals surface area contributed by atoms with Crippen LogP contribution in [0.5, 0.6) is 0 Å². The van der Waals surface area contributed by atoms with E-state index < -0.39 is 0 Å². The Morgan fingerprint density at radius 3 is 2.59 bits per heavy atom. The number of hydrogen-bond acceptors (Lipinski definition) is 3. The van der Waals surface area contributed by atoms with Crippen LogP contribution in [0.15, 0.2) is 0 Å². The molecule has 0 aromatic rings. The number of amides is 1. The quantitative estimate of drug-likeness (QED) is 0.815. The lowest BCUT2D eigenvalue weighted by molar-refractivity contribution is 0.0950. The van der Waals surface area contributed by atoms with Gasteiger partial charge in [-0.05, 0) is 44.6 Å². The van der Waals surface area contributed by atoms with E-state index in [1.54, 1.807) is 0 Å². The minimum Gasteiger partial charge on any atom is -0.450 e. The van der Waals surface area contributed by atoms with E-state index >= 15 is 0 Å². The van der Waals surface area contributed by atoms with Gasteiger partial charge in [-0.15, -0.1) is 0 Å². The Balaban J connectivity index is 1.62. The molecule has 0 aromatic heterocycles. The zero-order chi connectivity index (χ0) is 12.3. The molecule has 98 valence electrons. The molecule has 2 atom stereocenters. The van der Waals surface area contributed by atoms with E-state index in [0.29, 0.717) is 12.6 Å². The van der Waals surface area contributed by atoms with Gasteiger partial charge in [-0.25, -0.2) is 4.79 Å². The molecule has 2 aliphatic rings. The van der Waals surface area contributed by atoms with Crippen LogP contribution in [0.1, 0.15) is 33.1 Å². The van der Waals surface area contributed by atoms with Crippen LogP contribution >= 0.6 is 0 Å². The third kappa shape index (κ3) is 3.60. The summed E-state index contributed by atoms with van der Waals surface area (Å²) >= 11 is 0. The number of nitrogens with zero attached hydrogens (tertiary/aromatic N) is 1. The van der Waals surface area contributed by atoms with Crippen molar-refractivity contribution >= 4 is 6.09 Å². The SMILES string of the molecule is CCOC(=O)N1CCC(NCC2CC2C)CC1. The summed E-state index contributed by atoms with van der Waals surface area (Å²) in [5, 5.41) is 3.63. The molecule has 2 fully saturated rings. The van der Waals surface area contributed by atoms with Gasteiger partial charge in [0.25, 0.3) is 0 Å². The van der Waals surface area contributed by atoms with Crippen molar-refractivity contribution in [1.29, 1.82) is 0 Å². The lowest BCUT2D eigenvalue weighted by Crippen LogP contribution is -2.45. The van der Waals surface area contributed by atoms with Gasteiger partial charge in [0.2, 0.25) is 0 Å². The van der Waals surface area contributed by atoms with Gasteiger partial charge in [0, 0.05) is 19.1 Å². The van der Waals surface area contributed by atoms with Crippen molar-refractivity contribution in [2.24, 2.45) is 11.8 Å². The summed E-state index contributed by atoms with van der Waals surface area (Å²) in [6.45, 7) is 7.45. The fourth-order valence-electron chi connectivity index (χ4n) is 2.48. The van der Waals surface area contributed by atoms with Gasteiger partial charge in [0.15, 0.2) is 0 Å². The van der Waals surface area contributed by atoms with E-state index in [-0.39, 0.29) is 6.09 Å². The molecule has 0 bridgehead atoms. The van der Waals surface area contributed by atoms with Crippen LogP contribution in [0, 0.1) is 11.8 Å². The normalized spacial score (nSPS) is 29.2. The second-order valence-corrected chi connectivity index (χ2v) is 5.34. The predicted octanol–water partition coefficient (Wildman–Crippen LogP) is 1.85. The van der Waals surface area contributed by atoms with Crippen molar-refractivity contribution in [3.05, 3.63) is 0 Å². The lowest BCUT2D eigenvalue weighted by atomic mass is 10.1. The number of carbonyl (C=O) groups is 1. The van der Waals surface area contributed by atoms with Crippen LogP contribution < -0.4 is 5.32 Å². The summed E-state index contributed by atoms with van der Waals surface area (Å²) in [5.74, 6) is 1.82. The molecule has 1 heterocycles. The van der Waals surface area contributed by atoms with E-state index in [1.807, 2.05) is 11.8 Å². The Morgan fingerprint density at radius 1 is 1.41 bits per heavy atom. The molecular weight excluding hydrogens is 216 g/mol. The highest BCUT2D eigenvalue weighted by Gasteiger charge is 2.33. The van der Waals surface area contributed by atoms with Gasteiger partial charge >= 0.3 is 6.09 Å². The number of rotatable bonds is 4. The van der Waals surface area contributed by atoms with Gasteiger partial charge in [-0.3, -0.25) is 0 Å². The molecule has 0 spiro atoms. The minimum atomic E-state index is -0.151. The monoisotopic (exact) mass is 240 g/mol. The van der Waals surface area contributed by atoms with Crippen molar-refractivity contribution in [1.82, 2.24) is 10.2 Å². The maximum Gasteiger partial charge on any atom is 0.409 e. The van der Waals surface area contributed by atoms with E-state index in [1.165, 1.54) is 6.42 Å². The Bertz CT molecular complexity index is 262. The average molecular weight is 240 g/mol. The first kappa shape index (κ1) is 12.7. The Kier molecular flexibility index (Phi) is 4.26. The minimum absolute atomic E-state index is 0.151.